The van der Waals surface area contributed by atoms with Crippen molar-refractivity contribution in [2.45, 2.75) is 26.3 Å². The number of hydrogen-bond acceptors (Lipinski definition) is 3. The van der Waals surface area contributed by atoms with Crippen LogP contribution in [-0.2, 0) is 6.54 Å². The highest BCUT2D eigenvalue weighted by Gasteiger charge is 2.36. The molecule has 88 valence electrons. The van der Waals surface area contributed by atoms with Gasteiger partial charge in [-0.15, -0.1) is 0 Å². The third-order valence-corrected chi connectivity index (χ3v) is 3.19. The van der Waals surface area contributed by atoms with Gasteiger partial charge in [0, 0.05) is 24.9 Å². The number of aliphatic hydroxyl groups excluding tert-OH is 1. The van der Waals surface area contributed by atoms with E-state index in [4.69, 9.17) is 5.11 Å². The van der Waals surface area contributed by atoms with Crippen LogP contribution in [0.2, 0.25) is 0 Å². The van der Waals surface area contributed by atoms with Gasteiger partial charge in [0.1, 0.15) is 0 Å². The number of rotatable bonds is 4. The van der Waals surface area contributed by atoms with Gasteiger partial charge in [0.25, 0.3) is 5.56 Å². The molecule has 0 unspecified atom stereocenters. The summed E-state index contributed by atoms with van der Waals surface area (Å²) in [7, 11) is 0. The van der Waals surface area contributed by atoms with Crippen LogP contribution in [0.3, 0.4) is 0 Å². The molecule has 5 heteroatoms. The van der Waals surface area contributed by atoms with Gasteiger partial charge >= 0.3 is 5.69 Å². The van der Waals surface area contributed by atoms with Crippen LogP contribution in [0.1, 0.15) is 18.4 Å². The molecule has 2 N–H and O–H groups in total. The summed E-state index contributed by atoms with van der Waals surface area (Å²) in [5.74, 6) is 0.999. The molecular weight excluding hydrogens is 208 g/mol. The molecular formula is C11H16N2O3. The topological polar surface area (TPSA) is 75.1 Å². The Morgan fingerprint density at radius 1 is 1.50 bits per heavy atom. The quantitative estimate of drug-likeness (QED) is 0.747. The number of hydrogen-bond donors (Lipinski definition) is 2. The fourth-order valence-electron chi connectivity index (χ4n) is 2.06. The molecule has 0 radical (unpaired) electrons. The van der Waals surface area contributed by atoms with Crippen LogP contribution in [0, 0.1) is 18.8 Å². The van der Waals surface area contributed by atoms with E-state index in [0.717, 1.165) is 12.8 Å². The lowest BCUT2D eigenvalue weighted by molar-refractivity contribution is 0.275. The number of aromatic nitrogens is 2. The molecule has 0 saturated heterocycles. The zero-order valence-corrected chi connectivity index (χ0v) is 9.27. The molecule has 1 saturated carbocycles. The van der Waals surface area contributed by atoms with Crippen molar-refractivity contribution in [1.82, 2.24) is 9.55 Å². The number of nitrogens with one attached hydrogen (secondary N) is 1. The van der Waals surface area contributed by atoms with Crippen LogP contribution in [-0.4, -0.2) is 21.3 Å². The average Bonchev–Trinajstić information content (AvgIpc) is 2.94. The number of nitrogens with zero attached hydrogens (tertiary/aromatic N) is 1. The van der Waals surface area contributed by atoms with E-state index in [1.54, 1.807) is 17.7 Å². The van der Waals surface area contributed by atoms with Crippen LogP contribution in [0.15, 0.2) is 15.8 Å². The van der Waals surface area contributed by atoms with Crippen molar-refractivity contribution in [3.05, 3.63) is 32.6 Å². The fraction of sp³-hybridized carbons (Fsp3) is 0.636. The Hall–Kier alpha value is -1.36. The molecule has 1 fully saturated rings. The van der Waals surface area contributed by atoms with Crippen LogP contribution >= 0.6 is 0 Å². The minimum Gasteiger partial charge on any atom is -0.396 e. The standard InChI is InChI=1S/C11H16N2O3/c1-7-5-13(11(16)12-10(7)15)6-9-4-8(9)2-3-14/h5,8-9,14H,2-4,6H2,1H3,(H,12,15,16)/t8-,9-/m0/s1. The van der Waals surface area contributed by atoms with Crippen molar-refractivity contribution in [2.75, 3.05) is 6.61 Å². The van der Waals surface area contributed by atoms with Crippen molar-refractivity contribution < 1.29 is 5.11 Å². The van der Waals surface area contributed by atoms with Crippen LogP contribution < -0.4 is 11.2 Å². The van der Waals surface area contributed by atoms with Gasteiger partial charge in [-0.3, -0.25) is 9.78 Å². The first-order valence-corrected chi connectivity index (χ1v) is 5.53. The monoisotopic (exact) mass is 224 g/mol. The first-order valence-electron chi connectivity index (χ1n) is 5.53. The van der Waals surface area contributed by atoms with Gasteiger partial charge in [-0.2, -0.15) is 0 Å². The second kappa shape index (κ2) is 4.25. The van der Waals surface area contributed by atoms with Crippen LogP contribution in [0.4, 0.5) is 0 Å². The van der Waals surface area contributed by atoms with Crippen molar-refractivity contribution in [2.24, 2.45) is 11.8 Å². The van der Waals surface area contributed by atoms with E-state index in [1.165, 1.54) is 0 Å². The lowest BCUT2D eigenvalue weighted by Crippen LogP contribution is -2.31. The summed E-state index contributed by atoms with van der Waals surface area (Å²) in [5, 5.41) is 8.78. The maximum absolute atomic E-state index is 11.5. The van der Waals surface area contributed by atoms with Gasteiger partial charge < -0.3 is 9.67 Å². The van der Waals surface area contributed by atoms with Gasteiger partial charge in [-0.1, -0.05) is 0 Å². The molecule has 2 atom stereocenters. The van der Waals surface area contributed by atoms with Gasteiger partial charge in [0.15, 0.2) is 0 Å². The third-order valence-electron chi connectivity index (χ3n) is 3.19. The van der Waals surface area contributed by atoms with Crippen LogP contribution in [0.25, 0.3) is 0 Å². The predicted molar refractivity (Wildman–Crippen MR) is 59.4 cm³/mol. The van der Waals surface area contributed by atoms with E-state index in [1.807, 2.05) is 0 Å². The predicted octanol–water partition coefficient (Wildman–Crippen LogP) is -0.136. The summed E-state index contributed by atoms with van der Waals surface area (Å²) >= 11 is 0. The van der Waals surface area contributed by atoms with Gasteiger partial charge in [-0.25, -0.2) is 4.79 Å². The van der Waals surface area contributed by atoms with E-state index in [0.29, 0.717) is 23.9 Å². The second-order valence-electron chi connectivity index (χ2n) is 4.49. The molecule has 5 nitrogen and oxygen atoms in total. The molecule has 1 aromatic heterocycles. The summed E-state index contributed by atoms with van der Waals surface area (Å²) < 4.78 is 1.55. The SMILES string of the molecule is Cc1cn(C[C@@H]2C[C@@H]2CCO)c(=O)[nH]c1=O. The van der Waals surface area contributed by atoms with Crippen molar-refractivity contribution in [3.63, 3.8) is 0 Å². The fourth-order valence-corrected chi connectivity index (χ4v) is 2.06. The first-order chi connectivity index (χ1) is 7.61. The zero-order valence-electron chi connectivity index (χ0n) is 9.27. The molecule has 16 heavy (non-hydrogen) atoms. The van der Waals surface area contributed by atoms with Gasteiger partial charge in [0.05, 0.1) is 0 Å². The summed E-state index contributed by atoms with van der Waals surface area (Å²) in [5.41, 5.74) is -0.104. The van der Waals surface area contributed by atoms with Crippen molar-refractivity contribution >= 4 is 0 Å². The molecule has 0 amide bonds. The molecule has 0 spiro atoms. The Labute approximate surface area is 92.7 Å². The summed E-state index contributed by atoms with van der Waals surface area (Å²) in [4.78, 5) is 24.9. The van der Waals surface area contributed by atoms with E-state index in [-0.39, 0.29) is 17.9 Å². The minimum absolute atomic E-state index is 0.209. The Balaban J connectivity index is 2.09. The summed E-state index contributed by atoms with van der Waals surface area (Å²) in [6.45, 7) is 2.54. The smallest absolute Gasteiger partial charge is 0.328 e. The molecule has 1 aliphatic rings. The second-order valence-corrected chi connectivity index (χ2v) is 4.49. The lowest BCUT2D eigenvalue weighted by Gasteiger charge is -2.04. The van der Waals surface area contributed by atoms with E-state index in [2.05, 4.69) is 4.98 Å². The maximum atomic E-state index is 11.5. The average molecular weight is 224 g/mol. The van der Waals surface area contributed by atoms with E-state index in [9.17, 15) is 9.59 Å². The van der Waals surface area contributed by atoms with Crippen molar-refractivity contribution in [3.8, 4) is 0 Å². The highest BCUT2D eigenvalue weighted by Crippen LogP contribution is 2.41. The molecule has 1 aliphatic carbocycles. The van der Waals surface area contributed by atoms with E-state index >= 15 is 0 Å². The normalized spacial score (nSPS) is 23.4. The van der Waals surface area contributed by atoms with Gasteiger partial charge in [-0.05, 0) is 31.6 Å². The van der Waals surface area contributed by atoms with Crippen molar-refractivity contribution in [1.29, 1.82) is 0 Å². The Morgan fingerprint density at radius 2 is 2.25 bits per heavy atom. The van der Waals surface area contributed by atoms with Crippen LogP contribution in [0.5, 0.6) is 0 Å². The molecule has 2 rings (SSSR count). The van der Waals surface area contributed by atoms with Gasteiger partial charge in [0.2, 0.25) is 0 Å². The third kappa shape index (κ3) is 2.24. The minimum atomic E-state index is -0.342. The summed E-state index contributed by atoms with van der Waals surface area (Å²) in [6.07, 6.45) is 3.47. The number of aryl methyl sites for hydroxylation is 1. The first kappa shape index (κ1) is 11.1. The Morgan fingerprint density at radius 3 is 2.94 bits per heavy atom. The number of H-pyrrole nitrogens is 1. The molecule has 1 heterocycles. The summed E-state index contributed by atoms with van der Waals surface area (Å²) in [6, 6.07) is 0. The highest BCUT2D eigenvalue weighted by atomic mass is 16.3. The lowest BCUT2D eigenvalue weighted by atomic mass is 10.2. The highest BCUT2D eigenvalue weighted by molar-refractivity contribution is 5.01. The number of aromatic amines is 1. The largest absolute Gasteiger partial charge is 0.396 e. The molecule has 0 bridgehead atoms. The maximum Gasteiger partial charge on any atom is 0.328 e. The molecule has 1 aromatic rings. The van der Waals surface area contributed by atoms with E-state index < -0.39 is 0 Å². The molecule has 0 aromatic carbocycles. The Bertz CT molecular complexity index is 489. The number of aliphatic hydroxyl groups is 1. The Kier molecular flexibility index (Phi) is 2.96. The zero-order chi connectivity index (χ0) is 11.7. The molecule has 0 aliphatic heterocycles.